The Morgan fingerprint density at radius 2 is 2.24 bits per heavy atom. The van der Waals surface area contributed by atoms with Crippen molar-refractivity contribution in [3.8, 4) is 0 Å². The topological polar surface area (TPSA) is 67.8 Å². The van der Waals surface area contributed by atoms with Crippen molar-refractivity contribution in [2.45, 2.75) is 13.5 Å². The van der Waals surface area contributed by atoms with E-state index in [9.17, 15) is 14.0 Å². The Bertz CT molecular complexity index is 615. The molecule has 2 heterocycles. The molecular formula is C11H10FN3O2. The van der Waals surface area contributed by atoms with E-state index in [1.807, 2.05) is 0 Å². The highest BCUT2D eigenvalue weighted by Crippen LogP contribution is 2.02. The van der Waals surface area contributed by atoms with Crippen molar-refractivity contribution in [2.24, 2.45) is 0 Å². The van der Waals surface area contributed by atoms with Gasteiger partial charge in [0.15, 0.2) is 5.78 Å². The lowest BCUT2D eigenvalue weighted by molar-refractivity contribution is 0.101. The van der Waals surface area contributed by atoms with Gasteiger partial charge < -0.3 is 0 Å². The molecule has 2 aromatic heterocycles. The Morgan fingerprint density at radius 3 is 2.82 bits per heavy atom. The van der Waals surface area contributed by atoms with Crippen molar-refractivity contribution in [3.05, 3.63) is 52.0 Å². The van der Waals surface area contributed by atoms with E-state index in [0.717, 1.165) is 6.20 Å². The first kappa shape index (κ1) is 11.3. The molecule has 0 saturated carbocycles. The van der Waals surface area contributed by atoms with Gasteiger partial charge in [-0.2, -0.15) is 0 Å². The fraction of sp³-hybridized carbons (Fsp3) is 0.182. The van der Waals surface area contributed by atoms with Crippen LogP contribution in [0, 0.1) is 5.82 Å². The number of Topliss-reactive ketones (excluding diaryl/α,β-unsaturated/α-hetero) is 1. The standard InChI is InChI=1S/C11H10FN3O2/c1-7(16)10-3-11(17)15(14-10)6-8-2-9(12)5-13-4-8/h2-5,14H,6H2,1H3. The first-order valence-corrected chi connectivity index (χ1v) is 4.96. The summed E-state index contributed by atoms with van der Waals surface area (Å²) in [7, 11) is 0. The monoisotopic (exact) mass is 235 g/mol. The van der Waals surface area contributed by atoms with Gasteiger partial charge in [-0.1, -0.05) is 0 Å². The van der Waals surface area contributed by atoms with E-state index in [-0.39, 0.29) is 23.6 Å². The molecule has 0 amide bonds. The van der Waals surface area contributed by atoms with E-state index in [2.05, 4.69) is 10.1 Å². The summed E-state index contributed by atoms with van der Waals surface area (Å²) in [5.41, 5.74) is 0.447. The average Bonchev–Trinajstić information content (AvgIpc) is 2.61. The first-order valence-electron chi connectivity index (χ1n) is 4.96. The van der Waals surface area contributed by atoms with Gasteiger partial charge >= 0.3 is 0 Å². The predicted octanol–water partition coefficient (Wildman–Crippen LogP) is 0.961. The van der Waals surface area contributed by atoms with Gasteiger partial charge in [-0.3, -0.25) is 19.7 Å². The minimum Gasteiger partial charge on any atom is -0.293 e. The van der Waals surface area contributed by atoms with Crippen LogP contribution < -0.4 is 5.56 Å². The molecule has 6 heteroatoms. The zero-order valence-electron chi connectivity index (χ0n) is 9.11. The molecule has 0 aliphatic rings. The third-order valence-electron chi connectivity index (χ3n) is 2.27. The van der Waals surface area contributed by atoms with Crippen molar-refractivity contribution in [3.63, 3.8) is 0 Å². The maximum Gasteiger partial charge on any atom is 0.267 e. The predicted molar refractivity (Wildman–Crippen MR) is 58.4 cm³/mol. The lowest BCUT2D eigenvalue weighted by Crippen LogP contribution is -2.16. The van der Waals surface area contributed by atoms with Crippen LogP contribution in [0.2, 0.25) is 0 Å². The van der Waals surface area contributed by atoms with Gasteiger partial charge in [0, 0.05) is 19.2 Å². The number of H-pyrrole nitrogens is 1. The number of rotatable bonds is 3. The lowest BCUT2D eigenvalue weighted by Gasteiger charge is -2.01. The SMILES string of the molecule is CC(=O)c1cc(=O)n(Cc2cncc(F)c2)[nH]1. The number of aromatic nitrogens is 3. The Balaban J connectivity index is 2.30. The molecule has 17 heavy (non-hydrogen) atoms. The van der Waals surface area contributed by atoms with Crippen LogP contribution in [-0.4, -0.2) is 20.5 Å². The summed E-state index contributed by atoms with van der Waals surface area (Å²) in [5, 5.41) is 2.65. The van der Waals surface area contributed by atoms with Crippen molar-refractivity contribution in [1.29, 1.82) is 0 Å². The molecule has 0 radical (unpaired) electrons. The summed E-state index contributed by atoms with van der Waals surface area (Å²) in [6.07, 6.45) is 2.55. The van der Waals surface area contributed by atoms with E-state index >= 15 is 0 Å². The molecule has 0 fully saturated rings. The summed E-state index contributed by atoms with van der Waals surface area (Å²) in [6.45, 7) is 1.51. The maximum absolute atomic E-state index is 12.9. The molecule has 0 bridgehead atoms. The smallest absolute Gasteiger partial charge is 0.267 e. The zero-order chi connectivity index (χ0) is 12.4. The third kappa shape index (κ3) is 2.47. The van der Waals surface area contributed by atoms with Crippen molar-refractivity contribution < 1.29 is 9.18 Å². The van der Waals surface area contributed by atoms with Gasteiger partial charge in [-0.15, -0.1) is 0 Å². The second-order valence-electron chi connectivity index (χ2n) is 3.66. The first-order chi connectivity index (χ1) is 8.06. The molecule has 5 nitrogen and oxygen atoms in total. The quantitative estimate of drug-likeness (QED) is 0.806. The Labute approximate surface area is 95.9 Å². The molecule has 1 N–H and O–H groups in total. The van der Waals surface area contributed by atoms with Gasteiger partial charge in [-0.25, -0.2) is 9.07 Å². The van der Waals surface area contributed by atoms with E-state index in [0.29, 0.717) is 5.56 Å². The van der Waals surface area contributed by atoms with Crippen molar-refractivity contribution in [2.75, 3.05) is 0 Å². The van der Waals surface area contributed by atoms with Crippen LogP contribution in [0.25, 0.3) is 0 Å². The summed E-state index contributed by atoms with van der Waals surface area (Å²) < 4.78 is 14.1. The molecular weight excluding hydrogens is 225 g/mol. The number of halogens is 1. The maximum atomic E-state index is 12.9. The highest BCUT2D eigenvalue weighted by atomic mass is 19.1. The number of nitrogens with zero attached hydrogens (tertiary/aromatic N) is 2. The number of pyridine rings is 1. The van der Waals surface area contributed by atoms with E-state index < -0.39 is 5.82 Å². The number of ketones is 1. The van der Waals surface area contributed by atoms with Gasteiger partial charge in [0.25, 0.3) is 5.56 Å². The number of carbonyl (C=O) groups excluding carboxylic acids is 1. The summed E-state index contributed by atoms with van der Waals surface area (Å²) in [6, 6.07) is 2.50. The van der Waals surface area contributed by atoms with Gasteiger partial charge in [0.05, 0.1) is 12.7 Å². The summed E-state index contributed by atoms with van der Waals surface area (Å²) in [5.74, 6) is -0.688. The van der Waals surface area contributed by atoms with E-state index in [1.165, 1.54) is 29.9 Å². The highest BCUT2D eigenvalue weighted by Gasteiger charge is 2.07. The molecule has 0 unspecified atom stereocenters. The molecule has 0 aliphatic carbocycles. The molecule has 0 atom stereocenters. The molecule has 0 saturated heterocycles. The van der Waals surface area contributed by atoms with Crippen molar-refractivity contribution in [1.82, 2.24) is 14.8 Å². The van der Waals surface area contributed by atoms with Crippen LogP contribution in [0.4, 0.5) is 4.39 Å². The number of hydrogen-bond acceptors (Lipinski definition) is 3. The zero-order valence-corrected chi connectivity index (χ0v) is 9.11. The Hall–Kier alpha value is -2.24. The summed E-state index contributed by atoms with van der Waals surface area (Å²) >= 11 is 0. The fourth-order valence-electron chi connectivity index (χ4n) is 1.46. The van der Waals surface area contributed by atoms with Crippen molar-refractivity contribution >= 4 is 5.78 Å². The largest absolute Gasteiger partial charge is 0.293 e. The lowest BCUT2D eigenvalue weighted by atomic mass is 10.3. The second kappa shape index (κ2) is 4.32. The van der Waals surface area contributed by atoms with Gasteiger partial charge in [0.1, 0.15) is 11.5 Å². The van der Waals surface area contributed by atoms with E-state index in [4.69, 9.17) is 0 Å². The molecule has 2 aromatic rings. The van der Waals surface area contributed by atoms with Gasteiger partial charge in [-0.05, 0) is 11.6 Å². The van der Waals surface area contributed by atoms with Crippen LogP contribution in [0.5, 0.6) is 0 Å². The minimum absolute atomic E-state index is 0.150. The number of nitrogens with one attached hydrogen (secondary N) is 1. The molecule has 0 aliphatic heterocycles. The fourth-order valence-corrected chi connectivity index (χ4v) is 1.46. The minimum atomic E-state index is -0.464. The molecule has 0 aromatic carbocycles. The number of hydrogen-bond donors (Lipinski definition) is 1. The van der Waals surface area contributed by atoms with Crippen LogP contribution in [0.1, 0.15) is 23.0 Å². The highest BCUT2D eigenvalue weighted by molar-refractivity contribution is 5.91. The summed E-state index contributed by atoms with van der Waals surface area (Å²) in [4.78, 5) is 26.2. The van der Waals surface area contributed by atoms with Gasteiger partial charge in [0.2, 0.25) is 0 Å². The number of aromatic amines is 1. The van der Waals surface area contributed by atoms with Crippen LogP contribution in [0.15, 0.2) is 29.3 Å². The van der Waals surface area contributed by atoms with E-state index in [1.54, 1.807) is 0 Å². The Morgan fingerprint density at radius 1 is 1.47 bits per heavy atom. The average molecular weight is 235 g/mol. The third-order valence-corrected chi connectivity index (χ3v) is 2.27. The molecule has 88 valence electrons. The molecule has 2 rings (SSSR count). The van der Waals surface area contributed by atoms with Crippen LogP contribution in [0.3, 0.4) is 0 Å². The van der Waals surface area contributed by atoms with Crippen LogP contribution >= 0.6 is 0 Å². The number of carbonyl (C=O) groups is 1. The second-order valence-corrected chi connectivity index (χ2v) is 3.66. The molecule has 0 spiro atoms. The Kier molecular flexibility index (Phi) is 2.86. The normalized spacial score (nSPS) is 10.5. The van der Waals surface area contributed by atoms with Crippen LogP contribution in [-0.2, 0) is 6.54 Å².